The van der Waals surface area contributed by atoms with E-state index in [4.69, 9.17) is 37.9 Å². The van der Waals surface area contributed by atoms with Crippen LogP contribution < -0.4 is 0 Å². The predicted molar refractivity (Wildman–Crippen MR) is 209 cm³/mol. The molecule has 2 heterocycles. The number of aliphatic hydroxyl groups is 1. The van der Waals surface area contributed by atoms with Gasteiger partial charge in [-0.1, -0.05) is 134 Å². The highest BCUT2D eigenvalue weighted by atomic mass is 16.8. The molecule has 2 fully saturated rings. The van der Waals surface area contributed by atoms with E-state index in [1.54, 1.807) is 0 Å². The molecule has 8 atom stereocenters. The van der Waals surface area contributed by atoms with Crippen molar-refractivity contribution < 1.29 is 43.0 Å². The van der Waals surface area contributed by atoms with Gasteiger partial charge in [-0.05, 0) is 52.4 Å². The van der Waals surface area contributed by atoms with Gasteiger partial charge >= 0.3 is 0 Å². The zero-order chi connectivity index (χ0) is 37.9. The first-order chi connectivity index (χ1) is 27.0. The fraction of sp³-hybridized carbons (Fsp3) is 0.391. The molecular weight excluding hydrogens is 696 g/mol. The zero-order valence-electron chi connectivity index (χ0n) is 31.6. The molecule has 0 bridgehead atoms. The van der Waals surface area contributed by atoms with Crippen LogP contribution >= 0.6 is 0 Å². The van der Waals surface area contributed by atoms with Gasteiger partial charge in [0.1, 0.15) is 36.6 Å². The molecule has 0 aromatic heterocycles. The number of hydrogen-bond acceptors (Lipinski definition) is 9. The molecule has 9 heteroatoms. The van der Waals surface area contributed by atoms with Crippen LogP contribution in [0, 0.1) is 0 Å². The third-order valence-corrected chi connectivity index (χ3v) is 10.3. The van der Waals surface area contributed by atoms with E-state index in [1.165, 1.54) is 5.39 Å². The van der Waals surface area contributed by atoms with Crippen molar-refractivity contribution >= 4 is 10.8 Å². The van der Waals surface area contributed by atoms with Crippen molar-refractivity contribution in [3.8, 4) is 0 Å². The Morgan fingerprint density at radius 1 is 0.655 bits per heavy atom. The van der Waals surface area contributed by atoms with Gasteiger partial charge in [-0.25, -0.2) is 0 Å². The maximum absolute atomic E-state index is 11.4. The van der Waals surface area contributed by atoms with Crippen LogP contribution in [-0.2, 0) is 64.3 Å². The number of rotatable bonds is 19. The largest absolute Gasteiger partial charge is 0.385 e. The highest BCUT2D eigenvalue weighted by Gasteiger charge is 2.52. The zero-order valence-corrected chi connectivity index (χ0v) is 31.6. The van der Waals surface area contributed by atoms with Crippen molar-refractivity contribution in [2.24, 2.45) is 0 Å². The van der Waals surface area contributed by atoms with Crippen molar-refractivity contribution in [3.63, 3.8) is 0 Å². The maximum Gasteiger partial charge on any atom is 0.186 e. The SMILES string of the molecule is CCC1(C)OCC2OC(OCC(OCc3ccccc3)C(OCc3ccccc3)C(COCc3ccc4ccccc4c3)OCc3ccccc3)C(O)C2O1. The van der Waals surface area contributed by atoms with E-state index >= 15 is 0 Å². The monoisotopic (exact) mass is 748 g/mol. The highest BCUT2D eigenvalue weighted by molar-refractivity contribution is 5.82. The Labute approximate surface area is 324 Å². The van der Waals surface area contributed by atoms with Crippen LogP contribution in [0.4, 0.5) is 0 Å². The van der Waals surface area contributed by atoms with Gasteiger partial charge < -0.3 is 43.0 Å². The first kappa shape index (κ1) is 39.2. The molecule has 0 amide bonds. The van der Waals surface area contributed by atoms with Gasteiger partial charge in [0, 0.05) is 0 Å². The first-order valence-electron chi connectivity index (χ1n) is 19.3. The van der Waals surface area contributed by atoms with Crippen molar-refractivity contribution in [3.05, 3.63) is 156 Å². The fourth-order valence-electron chi connectivity index (χ4n) is 6.95. The summed E-state index contributed by atoms with van der Waals surface area (Å²) in [7, 11) is 0. The molecule has 2 saturated heterocycles. The summed E-state index contributed by atoms with van der Waals surface area (Å²) in [5.74, 6) is -0.797. The third-order valence-electron chi connectivity index (χ3n) is 10.3. The van der Waals surface area contributed by atoms with Crippen LogP contribution in [-0.4, -0.2) is 73.6 Å². The van der Waals surface area contributed by atoms with E-state index in [0.29, 0.717) is 39.5 Å². The van der Waals surface area contributed by atoms with Crippen molar-refractivity contribution in [2.75, 3.05) is 19.8 Å². The molecule has 0 radical (unpaired) electrons. The Kier molecular flexibility index (Phi) is 13.7. The second-order valence-corrected chi connectivity index (χ2v) is 14.4. The minimum Gasteiger partial charge on any atom is -0.385 e. The summed E-state index contributed by atoms with van der Waals surface area (Å²) in [5, 5.41) is 13.7. The molecule has 0 saturated carbocycles. The van der Waals surface area contributed by atoms with Crippen LogP contribution in [0.3, 0.4) is 0 Å². The van der Waals surface area contributed by atoms with Crippen LogP contribution in [0.1, 0.15) is 42.5 Å². The van der Waals surface area contributed by atoms with E-state index in [-0.39, 0.29) is 13.2 Å². The predicted octanol–water partition coefficient (Wildman–Crippen LogP) is 7.76. The molecule has 7 rings (SSSR count). The summed E-state index contributed by atoms with van der Waals surface area (Å²) in [6.45, 7) is 5.75. The standard InChI is InChI=1S/C46H52O9/c1-3-46(2)53-32-41-44(55-46)42(47)45(54-41)52-31-40(50-28-34-17-9-5-10-18-34)43(51-29-35-19-11-6-12-20-35)39(49-27-33-15-7-4-8-16-33)30-48-26-36-23-24-37-21-13-14-22-38(37)25-36/h4-25,39-45,47H,3,26-32H2,1-2H3. The van der Waals surface area contributed by atoms with Crippen molar-refractivity contribution in [1.82, 2.24) is 0 Å². The number of hydrogen-bond donors (Lipinski definition) is 1. The van der Waals surface area contributed by atoms with Gasteiger partial charge in [-0.3, -0.25) is 0 Å². The highest BCUT2D eigenvalue weighted by Crippen LogP contribution is 2.35. The number of ether oxygens (including phenoxy) is 8. The first-order valence-corrected chi connectivity index (χ1v) is 19.3. The average Bonchev–Trinajstić information content (AvgIpc) is 3.54. The third kappa shape index (κ3) is 10.7. The van der Waals surface area contributed by atoms with Gasteiger partial charge in [0.15, 0.2) is 12.1 Å². The molecule has 0 aliphatic carbocycles. The smallest absolute Gasteiger partial charge is 0.186 e. The summed E-state index contributed by atoms with van der Waals surface area (Å²) in [5.41, 5.74) is 4.08. The van der Waals surface area contributed by atoms with E-state index in [1.807, 2.05) is 117 Å². The molecule has 2 aliphatic rings. The molecule has 1 N–H and O–H groups in total. The van der Waals surface area contributed by atoms with Crippen LogP contribution in [0.5, 0.6) is 0 Å². The van der Waals surface area contributed by atoms with E-state index < -0.39 is 48.7 Å². The Morgan fingerprint density at radius 2 is 1.22 bits per heavy atom. The van der Waals surface area contributed by atoms with Gasteiger partial charge in [-0.2, -0.15) is 0 Å². The lowest BCUT2D eigenvalue weighted by atomic mass is 10.1. The second-order valence-electron chi connectivity index (χ2n) is 14.4. The minimum absolute atomic E-state index is 0.0369. The molecule has 9 nitrogen and oxygen atoms in total. The minimum atomic E-state index is -1.02. The summed E-state index contributed by atoms with van der Waals surface area (Å²) in [6.07, 6.45) is -4.28. The Bertz CT molecular complexity index is 1880. The van der Waals surface area contributed by atoms with Crippen LogP contribution in [0.25, 0.3) is 10.8 Å². The van der Waals surface area contributed by atoms with Gasteiger partial charge in [0.05, 0.1) is 46.2 Å². The molecule has 5 aromatic carbocycles. The topological polar surface area (TPSA) is 94.1 Å². The van der Waals surface area contributed by atoms with Gasteiger partial charge in [0.25, 0.3) is 0 Å². The quantitative estimate of drug-likeness (QED) is 0.0910. The summed E-state index contributed by atoms with van der Waals surface area (Å²) in [6, 6.07) is 44.7. The van der Waals surface area contributed by atoms with E-state index in [0.717, 1.165) is 27.6 Å². The molecule has 55 heavy (non-hydrogen) atoms. The van der Waals surface area contributed by atoms with Crippen molar-refractivity contribution in [1.29, 1.82) is 0 Å². The fourth-order valence-corrected chi connectivity index (χ4v) is 6.95. The molecule has 8 unspecified atom stereocenters. The molecule has 290 valence electrons. The lowest BCUT2D eigenvalue weighted by Gasteiger charge is -2.39. The number of fused-ring (bicyclic) bond motifs is 2. The molecular formula is C46H52O9. The van der Waals surface area contributed by atoms with Gasteiger partial charge in [-0.15, -0.1) is 0 Å². The van der Waals surface area contributed by atoms with Gasteiger partial charge in [0.2, 0.25) is 0 Å². The Morgan fingerprint density at radius 3 is 1.84 bits per heavy atom. The Balaban J connectivity index is 1.14. The molecule has 0 spiro atoms. The normalized spacial score (nSPS) is 24.0. The lowest BCUT2D eigenvalue weighted by molar-refractivity contribution is -0.310. The van der Waals surface area contributed by atoms with Crippen LogP contribution in [0.2, 0.25) is 0 Å². The lowest BCUT2D eigenvalue weighted by Crippen LogP contribution is -2.51. The Hall–Kier alpha value is -4.00. The van der Waals surface area contributed by atoms with E-state index in [9.17, 15) is 5.11 Å². The van der Waals surface area contributed by atoms with Crippen molar-refractivity contribution in [2.45, 2.75) is 95.4 Å². The van der Waals surface area contributed by atoms with E-state index in [2.05, 4.69) is 30.3 Å². The molecule has 5 aromatic rings. The average molecular weight is 749 g/mol. The maximum atomic E-state index is 11.4. The summed E-state index contributed by atoms with van der Waals surface area (Å²) >= 11 is 0. The summed E-state index contributed by atoms with van der Waals surface area (Å²) < 4.78 is 51.4. The number of aliphatic hydroxyl groups excluding tert-OH is 1. The number of benzene rings is 5. The summed E-state index contributed by atoms with van der Waals surface area (Å²) in [4.78, 5) is 0. The van der Waals surface area contributed by atoms with Crippen LogP contribution in [0.15, 0.2) is 133 Å². The molecule has 2 aliphatic heterocycles. The second kappa shape index (κ2) is 19.2.